The number of hydrogen-bond donors (Lipinski definition) is 2. The van der Waals surface area contributed by atoms with Crippen molar-refractivity contribution in [1.29, 1.82) is 0 Å². The van der Waals surface area contributed by atoms with E-state index < -0.39 is 32.5 Å². The fourth-order valence-electron chi connectivity index (χ4n) is 6.21. The van der Waals surface area contributed by atoms with Crippen LogP contribution < -0.4 is 0 Å². The Kier molecular flexibility index (Phi) is 34.8. The quantitative estimate of drug-likeness (QED) is 0.0368. The molecule has 0 aromatic heterocycles. The van der Waals surface area contributed by atoms with E-state index in [-0.39, 0.29) is 19.4 Å². The minimum atomic E-state index is -4.74. The highest BCUT2D eigenvalue weighted by Gasteiger charge is 2.22. The molecule has 0 amide bonds. The van der Waals surface area contributed by atoms with Gasteiger partial charge < -0.3 is 19.3 Å². The van der Waals surface area contributed by atoms with Gasteiger partial charge in [0.2, 0.25) is 0 Å². The molecule has 49 heavy (non-hydrogen) atoms. The Balaban J connectivity index is 3.83. The third-order valence-electron chi connectivity index (χ3n) is 9.30. The molecule has 0 rings (SSSR count). The highest BCUT2D eigenvalue weighted by Crippen LogP contribution is 2.36. The summed E-state index contributed by atoms with van der Waals surface area (Å²) in [5.41, 5.74) is 0. The number of hydrogen-bond acceptors (Lipinski definition) is 6. The molecule has 0 saturated heterocycles. The van der Waals surface area contributed by atoms with E-state index in [0.717, 1.165) is 44.4 Å². The first-order chi connectivity index (χ1) is 23.6. The molecule has 0 aliphatic rings. The molecule has 0 unspecified atom stereocenters. The van der Waals surface area contributed by atoms with Gasteiger partial charge in [0, 0.05) is 12.8 Å². The molecule has 9 heteroatoms. The van der Waals surface area contributed by atoms with Gasteiger partial charge in [-0.1, -0.05) is 194 Å². The standard InChI is InChI=1S/C40H79O8P/c1-4-5-6-7-8-9-10-18-22-25-28-31-34-40(42)48-38(36-47-49(43,44)45)35-46-39(41)33-30-27-24-21-19-16-14-12-11-13-15-17-20-23-26-29-32-37(2)3/h37-38H,4-36H2,1-3H3,(H2,43,44,45)/t38-/m1/s1. The van der Waals surface area contributed by atoms with E-state index in [1.165, 1.54) is 141 Å². The minimum absolute atomic E-state index is 0.219. The summed E-state index contributed by atoms with van der Waals surface area (Å²) >= 11 is 0. The summed E-state index contributed by atoms with van der Waals surface area (Å²) in [6, 6.07) is 0. The van der Waals surface area contributed by atoms with Crippen molar-refractivity contribution in [2.45, 2.75) is 226 Å². The molecule has 0 spiro atoms. The highest BCUT2D eigenvalue weighted by atomic mass is 31.2. The van der Waals surface area contributed by atoms with Gasteiger partial charge in [-0.05, 0) is 18.8 Å². The number of carbonyl (C=O) groups is 2. The van der Waals surface area contributed by atoms with Gasteiger partial charge in [0.15, 0.2) is 6.10 Å². The van der Waals surface area contributed by atoms with E-state index in [2.05, 4.69) is 25.3 Å². The highest BCUT2D eigenvalue weighted by molar-refractivity contribution is 7.46. The van der Waals surface area contributed by atoms with Crippen LogP contribution in [0.1, 0.15) is 220 Å². The summed E-state index contributed by atoms with van der Waals surface area (Å²) in [5.74, 6) is -0.0271. The molecule has 1 atom stereocenters. The molecule has 0 bridgehead atoms. The first-order valence-corrected chi connectivity index (χ1v) is 22.2. The fourth-order valence-corrected chi connectivity index (χ4v) is 6.57. The molecule has 0 fully saturated rings. The Morgan fingerprint density at radius 3 is 1.22 bits per heavy atom. The topological polar surface area (TPSA) is 119 Å². The molecule has 0 radical (unpaired) electrons. The number of phosphoric ester groups is 1. The number of phosphoric acid groups is 1. The van der Waals surface area contributed by atoms with Crippen LogP contribution in [0, 0.1) is 5.92 Å². The van der Waals surface area contributed by atoms with Crippen LogP contribution in [0.4, 0.5) is 0 Å². The van der Waals surface area contributed by atoms with Crippen molar-refractivity contribution in [3.05, 3.63) is 0 Å². The average Bonchev–Trinajstić information content (AvgIpc) is 3.05. The molecular weight excluding hydrogens is 639 g/mol. The van der Waals surface area contributed by atoms with E-state index in [0.29, 0.717) is 6.42 Å². The Morgan fingerprint density at radius 2 is 0.857 bits per heavy atom. The predicted molar refractivity (Wildman–Crippen MR) is 202 cm³/mol. The SMILES string of the molecule is CCCCCCCCCCCCCCC(=O)O[C@H](COC(=O)CCCCCCCCCCCCCCCCCCC(C)C)COP(=O)(O)O. The van der Waals surface area contributed by atoms with Crippen molar-refractivity contribution in [2.24, 2.45) is 5.92 Å². The third kappa shape index (κ3) is 39.7. The van der Waals surface area contributed by atoms with Crippen molar-refractivity contribution in [1.82, 2.24) is 0 Å². The molecule has 0 aliphatic carbocycles. The monoisotopic (exact) mass is 719 g/mol. The maximum absolute atomic E-state index is 12.4. The van der Waals surface area contributed by atoms with Crippen LogP contribution in [0.3, 0.4) is 0 Å². The maximum atomic E-state index is 12.4. The molecule has 2 N–H and O–H groups in total. The van der Waals surface area contributed by atoms with E-state index in [9.17, 15) is 14.2 Å². The van der Waals surface area contributed by atoms with Gasteiger partial charge in [-0.25, -0.2) is 4.57 Å². The van der Waals surface area contributed by atoms with Crippen LogP contribution in [0.25, 0.3) is 0 Å². The lowest BCUT2D eigenvalue weighted by atomic mass is 10.0. The van der Waals surface area contributed by atoms with Crippen molar-refractivity contribution in [3.63, 3.8) is 0 Å². The van der Waals surface area contributed by atoms with Crippen LogP contribution in [-0.4, -0.2) is 41.0 Å². The first-order valence-electron chi connectivity index (χ1n) is 20.7. The fraction of sp³-hybridized carbons (Fsp3) is 0.950. The van der Waals surface area contributed by atoms with Gasteiger partial charge in [-0.2, -0.15) is 0 Å². The molecular formula is C40H79O8P. The zero-order valence-corrected chi connectivity index (χ0v) is 33.2. The number of esters is 2. The van der Waals surface area contributed by atoms with E-state index >= 15 is 0 Å². The van der Waals surface area contributed by atoms with Crippen molar-refractivity contribution >= 4 is 19.8 Å². The lowest BCUT2D eigenvalue weighted by Crippen LogP contribution is -2.29. The van der Waals surface area contributed by atoms with Gasteiger partial charge in [0.05, 0.1) is 6.61 Å². The number of unbranched alkanes of at least 4 members (excludes halogenated alkanes) is 26. The number of carbonyl (C=O) groups excluding carboxylic acids is 2. The molecule has 0 aromatic carbocycles. The summed E-state index contributed by atoms with van der Waals surface area (Å²) in [5, 5.41) is 0. The van der Waals surface area contributed by atoms with Crippen LogP contribution in [-0.2, 0) is 28.2 Å². The van der Waals surface area contributed by atoms with Crippen molar-refractivity contribution < 1.29 is 37.9 Å². The first kappa shape index (κ1) is 48.0. The van der Waals surface area contributed by atoms with Crippen LogP contribution in [0.2, 0.25) is 0 Å². The second-order valence-corrected chi connectivity index (χ2v) is 16.0. The molecule has 292 valence electrons. The molecule has 8 nitrogen and oxygen atoms in total. The van der Waals surface area contributed by atoms with Gasteiger partial charge in [-0.3, -0.25) is 14.1 Å². The van der Waals surface area contributed by atoms with Gasteiger partial charge in [0.25, 0.3) is 0 Å². The Bertz CT molecular complexity index is 784. The summed E-state index contributed by atoms with van der Waals surface area (Å²) in [6.45, 7) is 6.05. The second-order valence-electron chi connectivity index (χ2n) is 14.8. The molecule has 0 saturated carbocycles. The van der Waals surface area contributed by atoms with Crippen LogP contribution in [0.15, 0.2) is 0 Å². The summed E-state index contributed by atoms with van der Waals surface area (Å²) in [7, 11) is -4.74. The van der Waals surface area contributed by atoms with Gasteiger partial charge in [-0.15, -0.1) is 0 Å². The predicted octanol–water partition coefficient (Wildman–Crippen LogP) is 12.3. The van der Waals surface area contributed by atoms with Crippen molar-refractivity contribution in [2.75, 3.05) is 13.2 Å². The lowest BCUT2D eigenvalue weighted by Gasteiger charge is -2.18. The number of rotatable bonds is 38. The Labute approximate surface area is 302 Å². The minimum Gasteiger partial charge on any atom is -0.462 e. The normalized spacial score (nSPS) is 12.4. The smallest absolute Gasteiger partial charge is 0.462 e. The zero-order valence-electron chi connectivity index (χ0n) is 32.3. The number of ether oxygens (including phenoxy) is 2. The Morgan fingerprint density at radius 1 is 0.510 bits per heavy atom. The average molecular weight is 719 g/mol. The van der Waals surface area contributed by atoms with E-state index in [1.807, 2.05) is 0 Å². The van der Waals surface area contributed by atoms with Gasteiger partial charge >= 0.3 is 19.8 Å². The second kappa shape index (κ2) is 35.5. The largest absolute Gasteiger partial charge is 0.469 e. The summed E-state index contributed by atoms with van der Waals surface area (Å²) in [4.78, 5) is 42.8. The Hall–Kier alpha value is -0.950. The zero-order chi connectivity index (χ0) is 36.3. The van der Waals surface area contributed by atoms with Gasteiger partial charge in [0.1, 0.15) is 6.61 Å². The van der Waals surface area contributed by atoms with Crippen molar-refractivity contribution in [3.8, 4) is 0 Å². The van der Waals surface area contributed by atoms with E-state index in [1.54, 1.807) is 0 Å². The third-order valence-corrected chi connectivity index (χ3v) is 9.79. The van der Waals surface area contributed by atoms with Crippen LogP contribution >= 0.6 is 7.82 Å². The molecule has 0 aliphatic heterocycles. The van der Waals surface area contributed by atoms with E-state index in [4.69, 9.17) is 19.3 Å². The summed E-state index contributed by atoms with van der Waals surface area (Å²) < 4.78 is 26.4. The molecule has 0 heterocycles. The van der Waals surface area contributed by atoms with Crippen LogP contribution in [0.5, 0.6) is 0 Å². The summed E-state index contributed by atoms with van der Waals surface area (Å²) in [6.07, 6.45) is 35.4. The molecule has 0 aromatic rings. The maximum Gasteiger partial charge on any atom is 0.469 e. The lowest BCUT2D eigenvalue weighted by molar-refractivity contribution is -0.161.